The van der Waals surface area contributed by atoms with Crippen LogP contribution in [-0.2, 0) is 0 Å². The molecule has 0 bridgehead atoms. The molecule has 0 amide bonds. The van der Waals surface area contributed by atoms with Crippen LogP contribution in [0.5, 0.6) is 0 Å². The third-order valence-corrected chi connectivity index (χ3v) is 6.99. The predicted molar refractivity (Wildman–Crippen MR) is 162 cm³/mol. The lowest BCUT2D eigenvalue weighted by Crippen LogP contribution is -2.00. The standard InChI is InChI=1S/C36H24N4/c1-3-12-26(13-4-1)34-38-35(27-14-5-2-6-15-27)40-36(39-34)31-22-29(28-17-10-20-37-24-28)21-30(23-31)33-19-9-16-25-11-7-8-18-32(25)33/h1-24H. The highest BCUT2D eigenvalue weighted by molar-refractivity contribution is 5.98. The molecule has 0 saturated carbocycles. The van der Waals surface area contributed by atoms with Crippen molar-refractivity contribution >= 4 is 10.8 Å². The molecule has 4 nitrogen and oxygen atoms in total. The third kappa shape index (κ3) is 4.63. The normalized spacial score (nSPS) is 11.0. The molecule has 2 aromatic heterocycles. The summed E-state index contributed by atoms with van der Waals surface area (Å²) in [5, 5.41) is 2.40. The Morgan fingerprint density at radius 3 is 1.60 bits per heavy atom. The van der Waals surface area contributed by atoms with Crippen molar-refractivity contribution in [3.63, 3.8) is 0 Å². The summed E-state index contributed by atoms with van der Waals surface area (Å²) in [6.45, 7) is 0. The molecule has 0 N–H and O–H groups in total. The van der Waals surface area contributed by atoms with E-state index < -0.39 is 0 Å². The molecule has 0 atom stereocenters. The Hall–Kier alpha value is -5.48. The summed E-state index contributed by atoms with van der Waals surface area (Å²) in [5.41, 5.74) is 7.15. The summed E-state index contributed by atoms with van der Waals surface area (Å²) in [6.07, 6.45) is 3.69. The first kappa shape index (κ1) is 23.6. The van der Waals surface area contributed by atoms with Crippen molar-refractivity contribution in [1.82, 2.24) is 19.9 Å². The fraction of sp³-hybridized carbons (Fsp3) is 0. The lowest BCUT2D eigenvalue weighted by atomic mass is 9.93. The Morgan fingerprint density at radius 1 is 0.375 bits per heavy atom. The van der Waals surface area contributed by atoms with Crippen LogP contribution in [0.4, 0.5) is 0 Å². The van der Waals surface area contributed by atoms with Crippen LogP contribution in [0.25, 0.3) is 67.2 Å². The quantitative estimate of drug-likeness (QED) is 0.231. The monoisotopic (exact) mass is 512 g/mol. The van der Waals surface area contributed by atoms with Gasteiger partial charge in [-0.2, -0.15) is 0 Å². The summed E-state index contributed by atoms with van der Waals surface area (Å²) in [5.74, 6) is 1.91. The van der Waals surface area contributed by atoms with Crippen LogP contribution in [0.1, 0.15) is 0 Å². The van der Waals surface area contributed by atoms with E-state index in [1.807, 2.05) is 72.9 Å². The molecule has 0 aliphatic rings. The van der Waals surface area contributed by atoms with Gasteiger partial charge in [0.1, 0.15) is 0 Å². The number of nitrogens with zero attached hydrogens (tertiary/aromatic N) is 4. The first-order chi connectivity index (χ1) is 19.8. The molecule has 7 aromatic rings. The highest BCUT2D eigenvalue weighted by Crippen LogP contribution is 2.35. The molecule has 2 heterocycles. The van der Waals surface area contributed by atoms with Crippen molar-refractivity contribution in [2.24, 2.45) is 0 Å². The Labute approximate surface area is 232 Å². The largest absolute Gasteiger partial charge is 0.264 e. The maximum absolute atomic E-state index is 4.99. The molecule has 0 aliphatic carbocycles. The minimum atomic E-state index is 0.625. The lowest BCUT2D eigenvalue weighted by Gasteiger charge is -2.13. The van der Waals surface area contributed by atoms with Gasteiger partial charge in [0.05, 0.1) is 0 Å². The van der Waals surface area contributed by atoms with Crippen molar-refractivity contribution in [3.05, 3.63) is 146 Å². The second kappa shape index (κ2) is 10.4. The Morgan fingerprint density at radius 2 is 0.925 bits per heavy atom. The van der Waals surface area contributed by atoms with E-state index in [1.165, 1.54) is 10.8 Å². The SMILES string of the molecule is c1ccc(-c2nc(-c3ccccc3)nc(-c3cc(-c4cccnc4)cc(-c4cccc5ccccc45)c3)n2)cc1. The zero-order chi connectivity index (χ0) is 26.7. The smallest absolute Gasteiger partial charge is 0.164 e. The Kier molecular flexibility index (Phi) is 6.11. The summed E-state index contributed by atoms with van der Waals surface area (Å²) >= 11 is 0. The van der Waals surface area contributed by atoms with Gasteiger partial charge in [-0.05, 0) is 51.7 Å². The van der Waals surface area contributed by atoms with E-state index in [4.69, 9.17) is 15.0 Å². The number of aromatic nitrogens is 4. The van der Waals surface area contributed by atoms with Crippen molar-refractivity contribution in [2.75, 3.05) is 0 Å². The van der Waals surface area contributed by atoms with Crippen LogP contribution in [-0.4, -0.2) is 19.9 Å². The van der Waals surface area contributed by atoms with Crippen LogP contribution < -0.4 is 0 Å². The zero-order valence-electron chi connectivity index (χ0n) is 21.6. The van der Waals surface area contributed by atoms with Gasteiger partial charge in [0.15, 0.2) is 17.5 Å². The molecule has 4 heteroatoms. The van der Waals surface area contributed by atoms with Gasteiger partial charge in [0, 0.05) is 34.6 Å². The summed E-state index contributed by atoms with van der Waals surface area (Å²) in [4.78, 5) is 19.2. The average Bonchev–Trinajstić information content (AvgIpc) is 3.05. The van der Waals surface area contributed by atoms with Crippen molar-refractivity contribution < 1.29 is 0 Å². The van der Waals surface area contributed by atoms with Gasteiger partial charge < -0.3 is 0 Å². The van der Waals surface area contributed by atoms with Gasteiger partial charge >= 0.3 is 0 Å². The fourth-order valence-electron chi connectivity index (χ4n) is 5.03. The third-order valence-electron chi connectivity index (χ3n) is 6.99. The average molecular weight is 513 g/mol. The van der Waals surface area contributed by atoms with E-state index in [9.17, 15) is 0 Å². The van der Waals surface area contributed by atoms with E-state index in [1.54, 1.807) is 6.20 Å². The maximum Gasteiger partial charge on any atom is 0.164 e. The molecule has 0 saturated heterocycles. The first-order valence-electron chi connectivity index (χ1n) is 13.2. The molecule has 7 rings (SSSR count). The van der Waals surface area contributed by atoms with Crippen LogP contribution in [0.3, 0.4) is 0 Å². The van der Waals surface area contributed by atoms with Crippen LogP contribution in [0.15, 0.2) is 146 Å². The molecule has 0 radical (unpaired) electrons. The summed E-state index contributed by atoms with van der Waals surface area (Å²) < 4.78 is 0. The van der Waals surface area contributed by atoms with E-state index in [2.05, 4.69) is 71.7 Å². The van der Waals surface area contributed by atoms with Gasteiger partial charge in [0.2, 0.25) is 0 Å². The molecule has 0 unspecified atom stereocenters. The first-order valence-corrected chi connectivity index (χ1v) is 13.2. The molecule has 188 valence electrons. The molecule has 5 aromatic carbocycles. The van der Waals surface area contributed by atoms with Crippen LogP contribution >= 0.6 is 0 Å². The predicted octanol–water partition coefficient (Wildman–Crippen LogP) is 8.75. The zero-order valence-corrected chi connectivity index (χ0v) is 21.6. The van der Waals surface area contributed by atoms with Crippen molar-refractivity contribution in [1.29, 1.82) is 0 Å². The Bertz CT molecular complexity index is 1870. The summed E-state index contributed by atoms with van der Waals surface area (Å²) in [6, 6.07) is 45.6. The van der Waals surface area contributed by atoms with E-state index in [0.717, 1.165) is 38.9 Å². The second-order valence-corrected chi connectivity index (χ2v) is 9.61. The molecular formula is C36H24N4. The molecule has 40 heavy (non-hydrogen) atoms. The van der Waals surface area contributed by atoms with Gasteiger partial charge in [0.25, 0.3) is 0 Å². The van der Waals surface area contributed by atoms with Gasteiger partial charge in [-0.3, -0.25) is 4.98 Å². The topological polar surface area (TPSA) is 51.6 Å². The number of pyridine rings is 1. The number of fused-ring (bicyclic) bond motifs is 1. The van der Waals surface area contributed by atoms with E-state index in [0.29, 0.717) is 17.5 Å². The molecule has 0 aliphatic heterocycles. The number of hydrogen-bond donors (Lipinski definition) is 0. The highest BCUT2D eigenvalue weighted by atomic mass is 15.0. The molecular weight excluding hydrogens is 488 g/mol. The second-order valence-electron chi connectivity index (χ2n) is 9.61. The Balaban J connectivity index is 1.48. The number of rotatable bonds is 5. The highest BCUT2D eigenvalue weighted by Gasteiger charge is 2.15. The number of hydrogen-bond acceptors (Lipinski definition) is 4. The fourth-order valence-corrected chi connectivity index (χ4v) is 5.03. The summed E-state index contributed by atoms with van der Waals surface area (Å²) in [7, 11) is 0. The van der Waals surface area contributed by atoms with Gasteiger partial charge in [-0.15, -0.1) is 0 Å². The van der Waals surface area contributed by atoms with Crippen LogP contribution in [0, 0.1) is 0 Å². The van der Waals surface area contributed by atoms with Crippen molar-refractivity contribution in [2.45, 2.75) is 0 Å². The van der Waals surface area contributed by atoms with Gasteiger partial charge in [-0.25, -0.2) is 15.0 Å². The minimum Gasteiger partial charge on any atom is -0.264 e. The molecule has 0 fully saturated rings. The maximum atomic E-state index is 4.99. The lowest BCUT2D eigenvalue weighted by molar-refractivity contribution is 1.07. The van der Waals surface area contributed by atoms with Crippen LogP contribution in [0.2, 0.25) is 0 Å². The van der Waals surface area contributed by atoms with Gasteiger partial charge in [-0.1, -0.05) is 109 Å². The van der Waals surface area contributed by atoms with Crippen molar-refractivity contribution in [3.8, 4) is 56.4 Å². The van der Waals surface area contributed by atoms with E-state index in [-0.39, 0.29) is 0 Å². The van der Waals surface area contributed by atoms with E-state index >= 15 is 0 Å². The molecule has 0 spiro atoms. The number of benzene rings is 5. The minimum absolute atomic E-state index is 0.625.